The first-order valence-corrected chi connectivity index (χ1v) is 7.25. The molecule has 2 N–H and O–H groups in total. The van der Waals surface area contributed by atoms with Crippen molar-refractivity contribution < 1.29 is 18.0 Å². The molecule has 0 spiro atoms. The number of anilines is 1. The van der Waals surface area contributed by atoms with Crippen molar-refractivity contribution in [1.29, 1.82) is 0 Å². The summed E-state index contributed by atoms with van der Waals surface area (Å²) >= 11 is 1.21. The number of hydrogen-bond acceptors (Lipinski definition) is 4. The topological polar surface area (TPSA) is 54.0 Å². The maximum atomic E-state index is 12.0. The molecular formula is C12H18F3N3OS. The van der Waals surface area contributed by atoms with E-state index in [1.807, 2.05) is 13.8 Å². The second-order valence-corrected chi connectivity index (χ2v) is 5.27. The fraction of sp³-hybridized carbons (Fsp3) is 0.667. The number of nitrogens with one attached hydrogen (secondary N) is 2. The molecule has 1 rings (SSSR count). The predicted molar refractivity (Wildman–Crippen MR) is 72.7 cm³/mol. The first-order chi connectivity index (χ1) is 9.31. The Morgan fingerprint density at radius 1 is 1.50 bits per heavy atom. The van der Waals surface area contributed by atoms with Gasteiger partial charge in [-0.2, -0.15) is 13.2 Å². The maximum absolute atomic E-state index is 12.0. The van der Waals surface area contributed by atoms with Gasteiger partial charge in [-0.15, -0.1) is 11.3 Å². The van der Waals surface area contributed by atoms with Gasteiger partial charge in [-0.1, -0.05) is 6.92 Å². The van der Waals surface area contributed by atoms with E-state index in [2.05, 4.69) is 15.6 Å². The molecule has 4 nitrogen and oxygen atoms in total. The number of carbonyl (C=O) groups is 1. The lowest BCUT2D eigenvalue weighted by Crippen LogP contribution is -2.20. The van der Waals surface area contributed by atoms with Crippen LogP contribution in [0.15, 0.2) is 5.38 Å². The Labute approximate surface area is 119 Å². The van der Waals surface area contributed by atoms with Crippen molar-refractivity contribution in [2.24, 2.45) is 0 Å². The van der Waals surface area contributed by atoms with E-state index in [4.69, 9.17) is 0 Å². The van der Waals surface area contributed by atoms with Gasteiger partial charge in [-0.05, 0) is 19.9 Å². The summed E-state index contributed by atoms with van der Waals surface area (Å²) in [6.45, 7) is 4.85. The van der Waals surface area contributed by atoms with E-state index >= 15 is 0 Å². The lowest BCUT2D eigenvalue weighted by molar-refractivity contribution is -0.142. The van der Waals surface area contributed by atoms with Crippen molar-refractivity contribution in [2.75, 3.05) is 11.9 Å². The number of nitrogens with zero attached hydrogens (tertiary/aromatic N) is 1. The molecular weight excluding hydrogens is 291 g/mol. The smallest absolute Gasteiger partial charge is 0.309 e. The Morgan fingerprint density at radius 2 is 2.20 bits per heavy atom. The van der Waals surface area contributed by atoms with Gasteiger partial charge in [0, 0.05) is 17.8 Å². The SMILES string of the molecule is CCCNC(C)c1csc(NC(=O)CCC(F)(F)F)n1. The van der Waals surface area contributed by atoms with Crippen molar-refractivity contribution >= 4 is 22.4 Å². The van der Waals surface area contributed by atoms with Gasteiger partial charge in [-0.25, -0.2) is 4.98 Å². The summed E-state index contributed by atoms with van der Waals surface area (Å²) in [5.74, 6) is -0.669. The molecule has 0 aliphatic rings. The van der Waals surface area contributed by atoms with Gasteiger partial charge in [-0.3, -0.25) is 4.79 Å². The Kier molecular flexibility index (Phi) is 6.41. The van der Waals surface area contributed by atoms with Crippen LogP contribution in [0.4, 0.5) is 18.3 Å². The highest BCUT2D eigenvalue weighted by atomic mass is 32.1. The van der Waals surface area contributed by atoms with Crippen LogP contribution in [0.1, 0.15) is 44.8 Å². The highest BCUT2D eigenvalue weighted by Gasteiger charge is 2.28. The number of alkyl halides is 3. The largest absolute Gasteiger partial charge is 0.389 e. The van der Waals surface area contributed by atoms with Crippen molar-refractivity contribution in [2.45, 2.75) is 45.3 Å². The average Bonchev–Trinajstić information content (AvgIpc) is 2.81. The molecule has 1 aromatic rings. The van der Waals surface area contributed by atoms with Crippen LogP contribution in [0.3, 0.4) is 0 Å². The van der Waals surface area contributed by atoms with Crippen LogP contribution >= 0.6 is 11.3 Å². The minimum absolute atomic E-state index is 0.0482. The van der Waals surface area contributed by atoms with Crippen LogP contribution in [-0.2, 0) is 4.79 Å². The van der Waals surface area contributed by atoms with Gasteiger partial charge in [0.2, 0.25) is 5.91 Å². The summed E-state index contributed by atoms with van der Waals surface area (Å²) in [6.07, 6.45) is -5.02. The van der Waals surface area contributed by atoms with Crippen LogP contribution < -0.4 is 10.6 Å². The second kappa shape index (κ2) is 7.58. The first kappa shape index (κ1) is 16.9. The minimum atomic E-state index is -4.32. The number of hydrogen-bond donors (Lipinski definition) is 2. The predicted octanol–water partition coefficient (Wildman–Crippen LogP) is 3.48. The fourth-order valence-electron chi connectivity index (χ4n) is 1.44. The maximum Gasteiger partial charge on any atom is 0.389 e. The number of aromatic nitrogens is 1. The normalized spacial score (nSPS) is 13.2. The standard InChI is InChI=1S/C12H18F3N3OS/c1-3-6-16-8(2)9-7-20-11(17-9)18-10(19)4-5-12(13,14)15/h7-8,16H,3-6H2,1-2H3,(H,17,18,19). The molecule has 0 saturated heterocycles. The summed E-state index contributed by atoms with van der Waals surface area (Å²) < 4.78 is 35.9. The molecule has 0 fully saturated rings. The van der Waals surface area contributed by atoms with Crippen molar-refractivity contribution in [3.05, 3.63) is 11.1 Å². The Bertz CT molecular complexity index is 434. The molecule has 20 heavy (non-hydrogen) atoms. The van der Waals surface area contributed by atoms with Gasteiger partial charge >= 0.3 is 6.18 Å². The number of thiazole rings is 1. The lowest BCUT2D eigenvalue weighted by Gasteiger charge is -2.09. The molecule has 0 aliphatic carbocycles. The van der Waals surface area contributed by atoms with E-state index in [0.29, 0.717) is 5.13 Å². The van der Waals surface area contributed by atoms with Crippen LogP contribution in [0.2, 0.25) is 0 Å². The van der Waals surface area contributed by atoms with E-state index in [-0.39, 0.29) is 6.04 Å². The molecule has 0 saturated carbocycles. The van der Waals surface area contributed by atoms with Gasteiger partial charge in [0.25, 0.3) is 0 Å². The Balaban J connectivity index is 2.45. The lowest BCUT2D eigenvalue weighted by atomic mass is 10.2. The molecule has 1 aromatic heterocycles. The fourth-order valence-corrected chi connectivity index (χ4v) is 2.26. The Hall–Kier alpha value is -1.15. The van der Waals surface area contributed by atoms with Gasteiger partial charge in [0.1, 0.15) is 0 Å². The van der Waals surface area contributed by atoms with Crippen LogP contribution in [0.25, 0.3) is 0 Å². The molecule has 8 heteroatoms. The molecule has 0 radical (unpaired) electrons. The summed E-state index contributed by atoms with van der Waals surface area (Å²) in [5.41, 5.74) is 0.773. The van der Waals surface area contributed by atoms with E-state index in [1.165, 1.54) is 11.3 Å². The molecule has 0 aromatic carbocycles. The van der Waals surface area contributed by atoms with Crippen molar-refractivity contribution in [1.82, 2.24) is 10.3 Å². The summed E-state index contributed by atoms with van der Waals surface area (Å²) in [7, 11) is 0. The van der Waals surface area contributed by atoms with Crippen LogP contribution in [0, 0.1) is 0 Å². The second-order valence-electron chi connectivity index (χ2n) is 4.42. The number of rotatable bonds is 7. The zero-order valence-corrected chi connectivity index (χ0v) is 12.2. The molecule has 1 heterocycles. The van der Waals surface area contributed by atoms with Crippen LogP contribution in [0.5, 0.6) is 0 Å². The summed E-state index contributed by atoms with van der Waals surface area (Å²) in [4.78, 5) is 15.5. The third kappa shape index (κ3) is 6.33. The molecule has 1 unspecified atom stereocenters. The van der Waals surface area contributed by atoms with E-state index < -0.39 is 24.9 Å². The summed E-state index contributed by atoms with van der Waals surface area (Å²) in [6, 6.07) is 0.0482. The quantitative estimate of drug-likeness (QED) is 0.810. The van der Waals surface area contributed by atoms with Crippen molar-refractivity contribution in [3.8, 4) is 0 Å². The van der Waals surface area contributed by atoms with Gasteiger partial charge in [0.05, 0.1) is 12.1 Å². The molecule has 114 valence electrons. The molecule has 0 bridgehead atoms. The minimum Gasteiger partial charge on any atom is -0.309 e. The third-order valence-corrected chi connectivity index (χ3v) is 3.32. The first-order valence-electron chi connectivity index (χ1n) is 6.37. The van der Waals surface area contributed by atoms with Gasteiger partial charge < -0.3 is 10.6 Å². The highest BCUT2D eigenvalue weighted by Crippen LogP contribution is 2.23. The zero-order chi connectivity index (χ0) is 15.2. The summed E-state index contributed by atoms with van der Waals surface area (Å²) in [5, 5.41) is 7.74. The van der Waals surface area contributed by atoms with E-state index in [9.17, 15) is 18.0 Å². The molecule has 0 aliphatic heterocycles. The Morgan fingerprint density at radius 3 is 2.80 bits per heavy atom. The zero-order valence-electron chi connectivity index (χ0n) is 11.4. The molecule has 1 atom stereocenters. The third-order valence-electron chi connectivity index (χ3n) is 2.55. The number of amides is 1. The van der Waals surface area contributed by atoms with Gasteiger partial charge in [0.15, 0.2) is 5.13 Å². The molecule has 1 amide bonds. The average molecular weight is 309 g/mol. The van der Waals surface area contributed by atoms with E-state index in [1.54, 1.807) is 5.38 Å². The van der Waals surface area contributed by atoms with Crippen molar-refractivity contribution in [3.63, 3.8) is 0 Å². The highest BCUT2D eigenvalue weighted by molar-refractivity contribution is 7.13. The number of carbonyl (C=O) groups excluding carboxylic acids is 1. The number of halogens is 3. The van der Waals surface area contributed by atoms with Crippen LogP contribution in [-0.4, -0.2) is 23.6 Å². The monoisotopic (exact) mass is 309 g/mol. The van der Waals surface area contributed by atoms with E-state index in [0.717, 1.165) is 18.7 Å².